The Morgan fingerprint density at radius 2 is 1.78 bits per heavy atom. The van der Waals surface area contributed by atoms with E-state index in [0.29, 0.717) is 11.8 Å². The van der Waals surface area contributed by atoms with Crippen LogP contribution in [0, 0.1) is 5.82 Å². The molecule has 1 aromatic carbocycles. The molecule has 0 saturated carbocycles. The van der Waals surface area contributed by atoms with Crippen molar-refractivity contribution in [3.05, 3.63) is 41.3 Å². The first-order valence-electron chi connectivity index (χ1n) is 6.25. The van der Waals surface area contributed by atoms with Gasteiger partial charge in [-0.2, -0.15) is 4.37 Å². The summed E-state index contributed by atoms with van der Waals surface area (Å²) in [6, 6.07) is 7.14. The molecule has 0 aliphatic heterocycles. The minimum atomic E-state index is -0.170. The highest BCUT2D eigenvalue weighted by Crippen LogP contribution is 2.34. The van der Waals surface area contributed by atoms with Crippen LogP contribution >= 0.6 is 11.5 Å². The minimum absolute atomic E-state index is 0.170. The van der Waals surface area contributed by atoms with Crippen molar-refractivity contribution in [2.24, 2.45) is 0 Å². The quantitative estimate of drug-likeness (QED) is 0.742. The zero-order valence-corrected chi connectivity index (χ0v) is 12.0. The average Bonchev–Trinajstić information content (AvgIpc) is 2.78. The lowest BCUT2D eigenvalue weighted by atomic mass is 9.95. The first-order chi connectivity index (χ1) is 8.49. The molecule has 0 bridgehead atoms. The Balaban J connectivity index is 2.49. The largest absolute Gasteiger partial charge is 0.207 e. The monoisotopic (exact) mass is 263 g/mol. The third-order valence-corrected chi connectivity index (χ3v) is 3.86. The molecule has 0 unspecified atom stereocenters. The second-order valence-corrected chi connectivity index (χ2v) is 5.96. The molecular formula is C15H18FNS. The normalized spacial score (nSPS) is 11.5. The topological polar surface area (TPSA) is 12.9 Å². The number of benzene rings is 1. The second kappa shape index (κ2) is 5.19. The van der Waals surface area contributed by atoms with E-state index in [9.17, 15) is 4.39 Å². The van der Waals surface area contributed by atoms with E-state index in [2.05, 4.69) is 38.1 Å². The molecular weight excluding hydrogens is 245 g/mol. The molecule has 0 fully saturated rings. The molecule has 2 rings (SSSR count). The molecule has 1 heterocycles. The lowest BCUT2D eigenvalue weighted by Gasteiger charge is -2.11. The van der Waals surface area contributed by atoms with Gasteiger partial charge in [0.25, 0.3) is 0 Å². The van der Waals surface area contributed by atoms with E-state index in [1.807, 2.05) is 6.07 Å². The van der Waals surface area contributed by atoms with Crippen LogP contribution in [0.2, 0.25) is 0 Å². The number of hydrogen-bond donors (Lipinski definition) is 0. The molecule has 2 aromatic rings. The van der Waals surface area contributed by atoms with E-state index in [4.69, 9.17) is 0 Å². The number of halogens is 1. The summed E-state index contributed by atoms with van der Waals surface area (Å²) >= 11 is 1.50. The Kier molecular flexibility index (Phi) is 3.81. The van der Waals surface area contributed by atoms with E-state index in [-0.39, 0.29) is 5.82 Å². The molecule has 3 heteroatoms. The van der Waals surface area contributed by atoms with Crippen molar-refractivity contribution in [2.45, 2.75) is 39.5 Å². The van der Waals surface area contributed by atoms with E-state index >= 15 is 0 Å². The van der Waals surface area contributed by atoms with Crippen molar-refractivity contribution in [3.63, 3.8) is 0 Å². The zero-order valence-electron chi connectivity index (χ0n) is 11.2. The van der Waals surface area contributed by atoms with Gasteiger partial charge in [0.15, 0.2) is 0 Å². The zero-order chi connectivity index (χ0) is 13.3. The van der Waals surface area contributed by atoms with Gasteiger partial charge in [-0.1, -0.05) is 33.8 Å². The summed E-state index contributed by atoms with van der Waals surface area (Å²) in [6.07, 6.45) is 0. The molecule has 1 aromatic heterocycles. The number of aromatic nitrogens is 1. The summed E-state index contributed by atoms with van der Waals surface area (Å²) in [5.41, 5.74) is 3.26. The predicted octanol–water partition coefficient (Wildman–Crippen LogP) is 5.20. The van der Waals surface area contributed by atoms with Gasteiger partial charge < -0.3 is 0 Å². The lowest BCUT2D eigenvalue weighted by molar-refractivity contribution is 0.623. The smallest absolute Gasteiger partial charge is 0.123 e. The molecule has 18 heavy (non-hydrogen) atoms. The van der Waals surface area contributed by atoms with Gasteiger partial charge in [-0.3, -0.25) is 0 Å². The van der Waals surface area contributed by atoms with Crippen LogP contribution in [0.4, 0.5) is 4.39 Å². The van der Waals surface area contributed by atoms with E-state index in [1.165, 1.54) is 17.6 Å². The third kappa shape index (κ3) is 2.61. The molecule has 0 N–H and O–H groups in total. The van der Waals surface area contributed by atoms with Crippen LogP contribution < -0.4 is 0 Å². The Morgan fingerprint density at radius 1 is 1.06 bits per heavy atom. The molecule has 0 saturated heterocycles. The summed E-state index contributed by atoms with van der Waals surface area (Å²) in [7, 11) is 0. The summed E-state index contributed by atoms with van der Waals surface area (Å²) in [6.45, 7) is 8.44. The predicted molar refractivity (Wildman–Crippen MR) is 75.7 cm³/mol. The van der Waals surface area contributed by atoms with Crippen molar-refractivity contribution in [1.29, 1.82) is 0 Å². The van der Waals surface area contributed by atoms with Crippen molar-refractivity contribution in [2.75, 3.05) is 0 Å². The first-order valence-corrected chi connectivity index (χ1v) is 7.02. The molecule has 0 amide bonds. The maximum atomic E-state index is 13.3. The highest BCUT2D eigenvalue weighted by atomic mass is 32.1. The van der Waals surface area contributed by atoms with Crippen LogP contribution in [0.1, 0.15) is 50.8 Å². The van der Waals surface area contributed by atoms with E-state index in [0.717, 1.165) is 21.7 Å². The number of hydrogen-bond acceptors (Lipinski definition) is 2. The van der Waals surface area contributed by atoms with Gasteiger partial charge in [0.2, 0.25) is 0 Å². The Morgan fingerprint density at radius 3 is 2.33 bits per heavy atom. The van der Waals surface area contributed by atoms with Gasteiger partial charge in [0.1, 0.15) is 5.82 Å². The van der Waals surface area contributed by atoms with Crippen LogP contribution in [0.3, 0.4) is 0 Å². The Bertz CT molecular complexity index is 543. The summed E-state index contributed by atoms with van der Waals surface area (Å²) < 4.78 is 17.8. The molecule has 0 radical (unpaired) electrons. The SMILES string of the molecule is CC(C)c1cc(-c2ccc(F)cc2C(C)C)sn1. The van der Waals surface area contributed by atoms with Gasteiger partial charge in [-0.25, -0.2) is 4.39 Å². The molecule has 1 nitrogen and oxygen atoms in total. The van der Waals surface area contributed by atoms with Gasteiger partial charge in [0, 0.05) is 0 Å². The molecule has 0 aliphatic carbocycles. The van der Waals surface area contributed by atoms with Crippen LogP contribution in [-0.4, -0.2) is 4.37 Å². The second-order valence-electron chi connectivity index (χ2n) is 5.16. The maximum absolute atomic E-state index is 13.3. The van der Waals surface area contributed by atoms with Crippen LogP contribution in [-0.2, 0) is 0 Å². The van der Waals surface area contributed by atoms with Crippen LogP contribution in [0.25, 0.3) is 10.4 Å². The summed E-state index contributed by atoms with van der Waals surface area (Å²) in [5.74, 6) is 0.564. The van der Waals surface area contributed by atoms with Gasteiger partial charge in [-0.05, 0) is 52.7 Å². The van der Waals surface area contributed by atoms with E-state index < -0.39 is 0 Å². The van der Waals surface area contributed by atoms with E-state index in [1.54, 1.807) is 6.07 Å². The number of nitrogens with zero attached hydrogens (tertiary/aromatic N) is 1. The molecule has 0 atom stereocenters. The fraction of sp³-hybridized carbons (Fsp3) is 0.400. The third-order valence-electron chi connectivity index (χ3n) is 3.02. The average molecular weight is 263 g/mol. The molecule has 96 valence electrons. The Labute approximate surface area is 112 Å². The van der Waals surface area contributed by atoms with Crippen LogP contribution in [0.15, 0.2) is 24.3 Å². The summed E-state index contributed by atoms with van der Waals surface area (Å²) in [5, 5.41) is 0. The number of rotatable bonds is 3. The van der Waals surface area contributed by atoms with Gasteiger partial charge in [0.05, 0.1) is 10.6 Å². The van der Waals surface area contributed by atoms with Crippen molar-refractivity contribution in [3.8, 4) is 10.4 Å². The van der Waals surface area contributed by atoms with Crippen molar-refractivity contribution >= 4 is 11.5 Å². The molecule has 0 aliphatic rings. The highest BCUT2D eigenvalue weighted by molar-refractivity contribution is 7.09. The molecule has 0 spiro atoms. The van der Waals surface area contributed by atoms with Crippen molar-refractivity contribution in [1.82, 2.24) is 4.37 Å². The first kappa shape index (κ1) is 13.2. The summed E-state index contributed by atoms with van der Waals surface area (Å²) in [4.78, 5) is 1.13. The lowest BCUT2D eigenvalue weighted by Crippen LogP contribution is -1.92. The standard InChI is InChI=1S/C15H18FNS/c1-9(2)13-7-11(16)5-6-12(13)15-8-14(10(3)4)17-18-15/h5-10H,1-4H3. The fourth-order valence-electron chi connectivity index (χ4n) is 1.92. The fourth-order valence-corrected chi connectivity index (χ4v) is 2.85. The van der Waals surface area contributed by atoms with Gasteiger partial charge >= 0.3 is 0 Å². The Hall–Kier alpha value is -1.22. The van der Waals surface area contributed by atoms with Crippen molar-refractivity contribution < 1.29 is 4.39 Å². The van der Waals surface area contributed by atoms with Gasteiger partial charge in [-0.15, -0.1) is 0 Å². The minimum Gasteiger partial charge on any atom is -0.207 e. The van der Waals surface area contributed by atoms with Crippen LogP contribution in [0.5, 0.6) is 0 Å². The maximum Gasteiger partial charge on any atom is 0.123 e. The highest BCUT2D eigenvalue weighted by Gasteiger charge is 2.13.